The van der Waals surface area contributed by atoms with Crippen molar-refractivity contribution in [2.24, 2.45) is 0 Å². The van der Waals surface area contributed by atoms with E-state index in [1.165, 1.54) is 19.3 Å². The van der Waals surface area contributed by atoms with Crippen LogP contribution >= 0.6 is 0 Å². The van der Waals surface area contributed by atoms with Gasteiger partial charge in [-0.1, -0.05) is 24.4 Å². The Morgan fingerprint density at radius 2 is 1.91 bits per heavy atom. The quantitative estimate of drug-likeness (QED) is 0.938. The number of carbonyl (C=O) groups is 1. The maximum Gasteiger partial charge on any atom is 0.322 e. The van der Waals surface area contributed by atoms with Crippen LogP contribution in [0.25, 0.3) is 0 Å². The lowest BCUT2D eigenvalue weighted by Crippen LogP contribution is -2.12. The minimum atomic E-state index is -0.330. The lowest BCUT2D eigenvalue weighted by molar-refractivity contribution is 0.102. The van der Waals surface area contributed by atoms with Crippen LogP contribution < -0.4 is 5.32 Å². The van der Waals surface area contributed by atoms with Crippen molar-refractivity contribution in [2.75, 3.05) is 5.32 Å². The number of hydrogen-bond acceptors (Lipinski definition) is 5. The van der Waals surface area contributed by atoms with E-state index in [2.05, 4.69) is 15.5 Å². The van der Waals surface area contributed by atoms with Crippen molar-refractivity contribution in [3.63, 3.8) is 0 Å². The van der Waals surface area contributed by atoms with Gasteiger partial charge in [0.25, 0.3) is 5.91 Å². The zero-order chi connectivity index (χ0) is 15.4. The molecule has 0 aliphatic heterocycles. The van der Waals surface area contributed by atoms with Crippen LogP contribution in [0.1, 0.15) is 59.8 Å². The van der Waals surface area contributed by atoms with E-state index in [1.807, 2.05) is 6.07 Å². The van der Waals surface area contributed by atoms with E-state index in [0.29, 0.717) is 22.9 Å². The van der Waals surface area contributed by atoms with E-state index in [4.69, 9.17) is 9.68 Å². The molecular weight excluding hydrogens is 280 g/mol. The molecule has 1 fully saturated rings. The number of rotatable bonds is 3. The molecule has 1 saturated carbocycles. The Morgan fingerprint density at radius 1 is 1.18 bits per heavy atom. The number of aromatic nitrogens is 2. The maximum atomic E-state index is 12.1. The summed E-state index contributed by atoms with van der Waals surface area (Å²) in [5, 5.41) is 19.3. The van der Waals surface area contributed by atoms with Crippen LogP contribution in [0.15, 0.2) is 28.7 Å². The molecule has 6 heteroatoms. The molecule has 0 unspecified atom stereocenters. The first-order valence-corrected chi connectivity index (χ1v) is 7.41. The van der Waals surface area contributed by atoms with Gasteiger partial charge in [0.05, 0.1) is 11.6 Å². The van der Waals surface area contributed by atoms with E-state index in [-0.39, 0.29) is 11.9 Å². The third kappa shape index (κ3) is 3.14. The highest BCUT2D eigenvalue weighted by Gasteiger charge is 2.21. The van der Waals surface area contributed by atoms with Gasteiger partial charge >= 0.3 is 6.01 Å². The van der Waals surface area contributed by atoms with E-state index in [1.54, 1.807) is 24.3 Å². The van der Waals surface area contributed by atoms with Crippen molar-refractivity contribution in [1.82, 2.24) is 10.2 Å². The summed E-state index contributed by atoms with van der Waals surface area (Å²) in [5.74, 6) is 0.583. The topological polar surface area (TPSA) is 91.8 Å². The summed E-state index contributed by atoms with van der Waals surface area (Å²) in [6.45, 7) is 0. The van der Waals surface area contributed by atoms with Crippen LogP contribution in [-0.4, -0.2) is 16.1 Å². The summed E-state index contributed by atoms with van der Waals surface area (Å²) in [6.07, 6.45) is 5.74. The lowest BCUT2D eigenvalue weighted by Gasteiger charge is -2.17. The summed E-state index contributed by atoms with van der Waals surface area (Å²) in [5.41, 5.74) is 0.949. The number of nitriles is 1. The van der Waals surface area contributed by atoms with Gasteiger partial charge in [0.15, 0.2) is 0 Å². The summed E-state index contributed by atoms with van der Waals surface area (Å²) >= 11 is 0. The largest absolute Gasteiger partial charge is 0.408 e. The standard InChI is InChI=1S/C16H16N4O2/c17-10-11-6-8-12(9-7-11)14(21)18-16-20-19-15(22-16)13-4-2-1-3-5-13/h6-9,13H,1-5H2,(H,18,20,21). The predicted molar refractivity (Wildman–Crippen MR) is 79.2 cm³/mol. The fourth-order valence-electron chi connectivity index (χ4n) is 2.67. The van der Waals surface area contributed by atoms with Crippen molar-refractivity contribution in [3.05, 3.63) is 41.3 Å². The van der Waals surface area contributed by atoms with Crippen LogP contribution in [0.2, 0.25) is 0 Å². The highest BCUT2D eigenvalue weighted by molar-refractivity contribution is 6.03. The Labute approximate surface area is 128 Å². The van der Waals surface area contributed by atoms with Crippen LogP contribution in [0.5, 0.6) is 0 Å². The van der Waals surface area contributed by atoms with Crippen LogP contribution in [0.4, 0.5) is 6.01 Å². The lowest BCUT2D eigenvalue weighted by atomic mass is 9.89. The first-order chi connectivity index (χ1) is 10.8. The third-order valence-electron chi connectivity index (χ3n) is 3.89. The second-order valence-corrected chi connectivity index (χ2v) is 5.42. The molecule has 0 saturated heterocycles. The van der Waals surface area contributed by atoms with Gasteiger partial charge < -0.3 is 4.42 Å². The monoisotopic (exact) mass is 296 g/mol. The Hall–Kier alpha value is -2.68. The molecule has 6 nitrogen and oxygen atoms in total. The first kappa shape index (κ1) is 14.3. The van der Waals surface area contributed by atoms with Gasteiger partial charge in [-0.05, 0) is 37.1 Å². The van der Waals surface area contributed by atoms with Gasteiger partial charge in [-0.15, -0.1) is 5.10 Å². The van der Waals surface area contributed by atoms with E-state index < -0.39 is 0 Å². The van der Waals surface area contributed by atoms with Gasteiger partial charge in [-0.2, -0.15) is 5.26 Å². The van der Waals surface area contributed by atoms with Crippen molar-refractivity contribution in [3.8, 4) is 6.07 Å². The molecule has 1 N–H and O–H groups in total. The first-order valence-electron chi connectivity index (χ1n) is 7.41. The molecule has 1 aliphatic carbocycles. The average Bonchev–Trinajstić information content (AvgIpc) is 3.04. The third-order valence-corrected chi connectivity index (χ3v) is 3.89. The molecule has 3 rings (SSSR count). The number of carbonyl (C=O) groups excluding carboxylic acids is 1. The number of nitrogens with one attached hydrogen (secondary N) is 1. The number of hydrogen-bond donors (Lipinski definition) is 1. The summed E-state index contributed by atoms with van der Waals surface area (Å²) in [4.78, 5) is 12.1. The Bertz CT molecular complexity index is 694. The van der Waals surface area contributed by atoms with Gasteiger partial charge in [-0.3, -0.25) is 10.1 Å². The molecule has 1 aromatic heterocycles. The molecule has 1 amide bonds. The van der Waals surface area contributed by atoms with E-state index in [0.717, 1.165) is 12.8 Å². The zero-order valence-electron chi connectivity index (χ0n) is 12.1. The molecule has 22 heavy (non-hydrogen) atoms. The average molecular weight is 296 g/mol. The van der Waals surface area contributed by atoms with Gasteiger partial charge in [0, 0.05) is 11.5 Å². The molecule has 0 atom stereocenters. The summed E-state index contributed by atoms with van der Waals surface area (Å²) < 4.78 is 5.55. The van der Waals surface area contributed by atoms with Crippen LogP contribution in [0, 0.1) is 11.3 Å². The van der Waals surface area contributed by atoms with Crippen molar-refractivity contribution >= 4 is 11.9 Å². The molecular formula is C16H16N4O2. The second-order valence-electron chi connectivity index (χ2n) is 5.42. The second kappa shape index (κ2) is 6.39. The Balaban J connectivity index is 1.66. The van der Waals surface area contributed by atoms with E-state index >= 15 is 0 Å². The summed E-state index contributed by atoms with van der Waals surface area (Å²) in [6, 6.07) is 8.50. The molecule has 0 spiro atoms. The highest BCUT2D eigenvalue weighted by Crippen LogP contribution is 2.32. The fraction of sp³-hybridized carbons (Fsp3) is 0.375. The van der Waals surface area contributed by atoms with Crippen molar-refractivity contribution < 1.29 is 9.21 Å². The number of benzene rings is 1. The molecule has 0 bridgehead atoms. The minimum Gasteiger partial charge on any atom is -0.408 e. The van der Waals surface area contributed by atoms with Crippen molar-refractivity contribution in [1.29, 1.82) is 5.26 Å². The maximum absolute atomic E-state index is 12.1. The van der Waals surface area contributed by atoms with E-state index in [9.17, 15) is 4.79 Å². The molecule has 2 aromatic rings. The zero-order valence-corrected chi connectivity index (χ0v) is 12.1. The Morgan fingerprint density at radius 3 is 2.59 bits per heavy atom. The summed E-state index contributed by atoms with van der Waals surface area (Å²) in [7, 11) is 0. The van der Waals surface area contributed by atoms with Crippen molar-refractivity contribution in [2.45, 2.75) is 38.0 Å². The highest BCUT2D eigenvalue weighted by atomic mass is 16.4. The minimum absolute atomic E-state index is 0.120. The molecule has 1 aliphatic rings. The predicted octanol–water partition coefficient (Wildman–Crippen LogP) is 3.24. The van der Waals surface area contributed by atoms with Gasteiger partial charge in [0.1, 0.15) is 0 Å². The molecule has 1 heterocycles. The molecule has 1 aromatic carbocycles. The van der Waals surface area contributed by atoms with Crippen LogP contribution in [0.3, 0.4) is 0 Å². The Kier molecular flexibility index (Phi) is 4.15. The van der Waals surface area contributed by atoms with Gasteiger partial charge in [0.2, 0.25) is 5.89 Å². The normalized spacial score (nSPS) is 15.2. The fourth-order valence-corrected chi connectivity index (χ4v) is 2.67. The molecule has 0 radical (unpaired) electrons. The number of nitrogens with zero attached hydrogens (tertiary/aromatic N) is 3. The molecule has 112 valence electrons. The van der Waals surface area contributed by atoms with Gasteiger partial charge in [-0.25, -0.2) is 0 Å². The smallest absolute Gasteiger partial charge is 0.322 e. The number of amides is 1. The SMILES string of the molecule is N#Cc1ccc(C(=O)Nc2nnc(C3CCCCC3)o2)cc1. The van der Waals surface area contributed by atoms with Crippen LogP contribution in [-0.2, 0) is 0 Å². The number of anilines is 1.